The Morgan fingerprint density at radius 3 is 2.33 bits per heavy atom. The predicted octanol–water partition coefficient (Wildman–Crippen LogP) is -0.938. The molecule has 0 aromatic heterocycles. The summed E-state index contributed by atoms with van der Waals surface area (Å²) in [4.78, 5) is 22.2. The first-order valence-electron chi connectivity index (χ1n) is 4.44. The van der Waals surface area contributed by atoms with Gasteiger partial charge in [-0.1, -0.05) is 0 Å². The predicted molar refractivity (Wildman–Crippen MR) is 52.1 cm³/mol. The Bertz CT molecular complexity index is 239. The molecular formula is C9H17NO5. The summed E-state index contributed by atoms with van der Waals surface area (Å²) in [5.41, 5.74) is -0.990. The Morgan fingerprint density at radius 2 is 1.93 bits per heavy atom. The van der Waals surface area contributed by atoms with Gasteiger partial charge in [-0.3, -0.25) is 4.79 Å². The highest BCUT2D eigenvalue weighted by Gasteiger charge is 2.28. The van der Waals surface area contributed by atoms with Crippen LogP contribution in [0.2, 0.25) is 0 Å². The van der Waals surface area contributed by atoms with Crippen molar-refractivity contribution in [2.24, 2.45) is 0 Å². The highest BCUT2D eigenvalue weighted by atomic mass is 16.5. The molecule has 0 aliphatic rings. The number of hydrogen-bond donors (Lipinski definition) is 2. The van der Waals surface area contributed by atoms with Crippen molar-refractivity contribution in [2.75, 3.05) is 20.8 Å². The molecule has 0 saturated heterocycles. The Balaban J connectivity index is 4.07. The van der Waals surface area contributed by atoms with Crippen LogP contribution in [-0.2, 0) is 19.1 Å². The molecule has 0 spiro atoms. The Labute approximate surface area is 88.6 Å². The highest BCUT2D eigenvalue weighted by Crippen LogP contribution is 2.06. The van der Waals surface area contributed by atoms with Crippen LogP contribution in [-0.4, -0.2) is 49.5 Å². The molecule has 0 aromatic carbocycles. The van der Waals surface area contributed by atoms with E-state index in [1.807, 2.05) is 0 Å². The minimum Gasteiger partial charge on any atom is -0.467 e. The lowest BCUT2D eigenvalue weighted by atomic mass is 10.1. The second-order valence-corrected chi connectivity index (χ2v) is 3.46. The first kappa shape index (κ1) is 13.9. The Hall–Kier alpha value is -1.14. The van der Waals surface area contributed by atoms with E-state index < -0.39 is 23.6 Å². The van der Waals surface area contributed by atoms with Gasteiger partial charge in [0.15, 0.2) is 6.10 Å². The van der Waals surface area contributed by atoms with Gasteiger partial charge in [0.2, 0.25) is 0 Å². The van der Waals surface area contributed by atoms with Crippen LogP contribution in [0.4, 0.5) is 0 Å². The van der Waals surface area contributed by atoms with Crippen LogP contribution in [0.1, 0.15) is 13.8 Å². The van der Waals surface area contributed by atoms with Crippen LogP contribution in [0.5, 0.6) is 0 Å². The topological polar surface area (TPSA) is 84.9 Å². The zero-order valence-corrected chi connectivity index (χ0v) is 9.36. The number of esters is 1. The SMILES string of the molecule is COC(=O)C(O)CNC(=O)C(C)(C)OC. The van der Waals surface area contributed by atoms with E-state index in [4.69, 9.17) is 4.74 Å². The maximum Gasteiger partial charge on any atom is 0.336 e. The fourth-order valence-corrected chi connectivity index (χ4v) is 0.714. The summed E-state index contributed by atoms with van der Waals surface area (Å²) < 4.78 is 9.19. The van der Waals surface area contributed by atoms with E-state index in [-0.39, 0.29) is 6.54 Å². The highest BCUT2D eigenvalue weighted by molar-refractivity contribution is 5.85. The molecule has 6 heteroatoms. The molecule has 0 saturated carbocycles. The second-order valence-electron chi connectivity index (χ2n) is 3.46. The maximum absolute atomic E-state index is 11.4. The number of carbonyl (C=O) groups is 2. The molecule has 0 radical (unpaired) electrons. The van der Waals surface area contributed by atoms with Crippen molar-refractivity contribution in [1.29, 1.82) is 0 Å². The summed E-state index contributed by atoms with van der Waals surface area (Å²) in [5.74, 6) is -1.20. The minimum absolute atomic E-state index is 0.196. The van der Waals surface area contributed by atoms with Gasteiger partial charge < -0.3 is 19.9 Å². The van der Waals surface area contributed by atoms with E-state index in [0.717, 1.165) is 7.11 Å². The molecule has 0 aliphatic carbocycles. The summed E-state index contributed by atoms with van der Waals surface area (Å²) in [6.07, 6.45) is -1.35. The fraction of sp³-hybridized carbons (Fsp3) is 0.778. The number of rotatable bonds is 5. The summed E-state index contributed by atoms with van der Waals surface area (Å²) in [6.45, 7) is 2.96. The molecule has 15 heavy (non-hydrogen) atoms. The average Bonchev–Trinajstić information content (AvgIpc) is 2.23. The molecule has 0 aromatic rings. The number of amides is 1. The second kappa shape index (κ2) is 5.67. The van der Waals surface area contributed by atoms with Crippen molar-refractivity contribution in [3.63, 3.8) is 0 Å². The fourth-order valence-electron chi connectivity index (χ4n) is 0.714. The summed E-state index contributed by atoms with van der Waals surface area (Å²) in [7, 11) is 2.56. The third-order valence-electron chi connectivity index (χ3n) is 1.99. The van der Waals surface area contributed by atoms with E-state index in [1.54, 1.807) is 13.8 Å². The Morgan fingerprint density at radius 1 is 1.40 bits per heavy atom. The molecule has 1 unspecified atom stereocenters. The molecule has 0 fully saturated rings. The third kappa shape index (κ3) is 4.26. The van der Waals surface area contributed by atoms with Crippen LogP contribution < -0.4 is 5.32 Å². The van der Waals surface area contributed by atoms with Crippen molar-refractivity contribution >= 4 is 11.9 Å². The van der Waals surface area contributed by atoms with Gasteiger partial charge in [0, 0.05) is 7.11 Å². The van der Waals surface area contributed by atoms with Gasteiger partial charge in [0.1, 0.15) is 5.60 Å². The third-order valence-corrected chi connectivity index (χ3v) is 1.99. The van der Waals surface area contributed by atoms with E-state index in [9.17, 15) is 14.7 Å². The van der Waals surface area contributed by atoms with Crippen LogP contribution in [0.15, 0.2) is 0 Å². The summed E-state index contributed by atoms with van der Waals surface area (Å²) >= 11 is 0. The lowest BCUT2D eigenvalue weighted by molar-refractivity contribution is -0.151. The zero-order chi connectivity index (χ0) is 12.1. The first-order valence-corrected chi connectivity index (χ1v) is 4.44. The van der Waals surface area contributed by atoms with E-state index in [2.05, 4.69) is 10.1 Å². The van der Waals surface area contributed by atoms with Crippen molar-refractivity contribution in [3.8, 4) is 0 Å². The number of aliphatic hydroxyl groups is 1. The van der Waals surface area contributed by atoms with Crippen molar-refractivity contribution in [2.45, 2.75) is 25.6 Å². The number of nitrogens with one attached hydrogen (secondary N) is 1. The van der Waals surface area contributed by atoms with Crippen LogP contribution in [0.25, 0.3) is 0 Å². The molecular weight excluding hydrogens is 202 g/mol. The first-order chi connectivity index (χ1) is 6.85. The summed E-state index contributed by atoms with van der Waals surface area (Å²) in [5, 5.41) is 11.5. The van der Waals surface area contributed by atoms with E-state index in [1.165, 1.54) is 7.11 Å². The standard InChI is InChI=1S/C9H17NO5/c1-9(2,15-4)8(13)10-5-6(11)7(12)14-3/h6,11H,5H2,1-4H3,(H,10,13). The van der Waals surface area contributed by atoms with Gasteiger partial charge in [-0.15, -0.1) is 0 Å². The smallest absolute Gasteiger partial charge is 0.336 e. The zero-order valence-electron chi connectivity index (χ0n) is 9.36. The van der Waals surface area contributed by atoms with Gasteiger partial charge >= 0.3 is 5.97 Å². The molecule has 88 valence electrons. The van der Waals surface area contributed by atoms with Crippen LogP contribution in [0.3, 0.4) is 0 Å². The largest absolute Gasteiger partial charge is 0.467 e. The number of carbonyl (C=O) groups excluding carboxylic acids is 2. The minimum atomic E-state index is -1.35. The molecule has 1 amide bonds. The van der Waals surface area contributed by atoms with Crippen molar-refractivity contribution < 1.29 is 24.2 Å². The van der Waals surface area contributed by atoms with Crippen LogP contribution in [0, 0.1) is 0 Å². The van der Waals surface area contributed by atoms with Gasteiger partial charge in [0.25, 0.3) is 5.91 Å². The molecule has 6 nitrogen and oxygen atoms in total. The van der Waals surface area contributed by atoms with Gasteiger partial charge in [0.05, 0.1) is 13.7 Å². The summed E-state index contributed by atoms with van der Waals surface area (Å²) in [6, 6.07) is 0. The van der Waals surface area contributed by atoms with Gasteiger partial charge in [-0.2, -0.15) is 0 Å². The van der Waals surface area contributed by atoms with Gasteiger partial charge in [-0.05, 0) is 13.8 Å². The molecule has 0 rings (SSSR count). The number of ether oxygens (including phenoxy) is 2. The van der Waals surface area contributed by atoms with Crippen LogP contribution >= 0.6 is 0 Å². The normalized spacial score (nSPS) is 13.1. The van der Waals surface area contributed by atoms with E-state index >= 15 is 0 Å². The monoisotopic (exact) mass is 219 g/mol. The number of aliphatic hydroxyl groups excluding tert-OH is 1. The lowest BCUT2D eigenvalue weighted by Crippen LogP contribution is -2.47. The molecule has 1 atom stereocenters. The van der Waals surface area contributed by atoms with E-state index in [0.29, 0.717) is 0 Å². The van der Waals surface area contributed by atoms with Gasteiger partial charge in [-0.25, -0.2) is 4.79 Å². The number of hydrogen-bond acceptors (Lipinski definition) is 5. The maximum atomic E-state index is 11.4. The molecule has 0 aliphatic heterocycles. The van der Waals surface area contributed by atoms with Crippen molar-refractivity contribution in [1.82, 2.24) is 5.32 Å². The average molecular weight is 219 g/mol. The van der Waals surface area contributed by atoms with Crippen molar-refractivity contribution in [3.05, 3.63) is 0 Å². The lowest BCUT2D eigenvalue weighted by Gasteiger charge is -2.22. The molecule has 2 N–H and O–H groups in total. The molecule has 0 heterocycles. The Kier molecular flexibility index (Phi) is 5.24. The molecule has 0 bridgehead atoms. The quantitative estimate of drug-likeness (QED) is 0.583. The number of methoxy groups -OCH3 is 2.